The van der Waals surface area contributed by atoms with E-state index in [0.29, 0.717) is 23.8 Å². The lowest BCUT2D eigenvalue weighted by Crippen LogP contribution is -2.35. The van der Waals surface area contributed by atoms with Crippen molar-refractivity contribution in [3.8, 4) is 0 Å². The molecule has 1 aliphatic carbocycles. The fourth-order valence-corrected chi connectivity index (χ4v) is 3.00. The van der Waals surface area contributed by atoms with E-state index >= 15 is 0 Å². The van der Waals surface area contributed by atoms with E-state index in [9.17, 15) is 8.78 Å². The largest absolute Gasteiger partial charge is 0.327 e. The van der Waals surface area contributed by atoms with Crippen molar-refractivity contribution in [1.82, 2.24) is 0 Å². The topological polar surface area (TPSA) is 26.0 Å². The van der Waals surface area contributed by atoms with E-state index in [1.807, 2.05) is 0 Å². The molecule has 0 amide bonds. The summed E-state index contributed by atoms with van der Waals surface area (Å²) in [4.78, 5) is 0. The number of rotatable bonds is 3. The van der Waals surface area contributed by atoms with Gasteiger partial charge in [-0.15, -0.1) is 0 Å². The molecule has 0 saturated heterocycles. The molecule has 2 N–H and O–H groups in total. The van der Waals surface area contributed by atoms with Crippen LogP contribution in [-0.4, -0.2) is 6.04 Å². The van der Waals surface area contributed by atoms with Crippen molar-refractivity contribution in [2.45, 2.75) is 45.1 Å². The van der Waals surface area contributed by atoms with Crippen molar-refractivity contribution >= 4 is 0 Å². The van der Waals surface area contributed by atoms with Crippen LogP contribution >= 0.6 is 0 Å². The first kappa shape index (κ1) is 13.5. The molecule has 3 heteroatoms. The maximum absolute atomic E-state index is 13.6. The van der Waals surface area contributed by atoms with Crippen LogP contribution in [0.4, 0.5) is 8.78 Å². The van der Waals surface area contributed by atoms with Crippen LogP contribution in [-0.2, 0) is 6.42 Å². The van der Waals surface area contributed by atoms with Crippen LogP contribution in [0.15, 0.2) is 18.2 Å². The van der Waals surface area contributed by atoms with Crippen molar-refractivity contribution in [2.24, 2.45) is 17.6 Å². The molecule has 1 aromatic carbocycles. The molecule has 0 bridgehead atoms. The molecule has 1 fully saturated rings. The summed E-state index contributed by atoms with van der Waals surface area (Å²) in [7, 11) is 0. The zero-order valence-corrected chi connectivity index (χ0v) is 10.8. The molecule has 100 valence electrons. The number of halogens is 2. The van der Waals surface area contributed by atoms with Crippen molar-refractivity contribution in [3.05, 3.63) is 35.4 Å². The molecule has 0 spiro atoms. The van der Waals surface area contributed by atoms with Gasteiger partial charge in [0.1, 0.15) is 0 Å². The molecule has 18 heavy (non-hydrogen) atoms. The van der Waals surface area contributed by atoms with Gasteiger partial charge in [-0.05, 0) is 42.7 Å². The highest BCUT2D eigenvalue weighted by Gasteiger charge is 2.25. The van der Waals surface area contributed by atoms with Gasteiger partial charge in [0.25, 0.3) is 0 Å². The SMILES string of the molecule is CC1CCCC(C(N)Cc2cccc(F)c2F)C1. The van der Waals surface area contributed by atoms with Crippen LogP contribution in [0.5, 0.6) is 0 Å². The minimum atomic E-state index is -0.781. The van der Waals surface area contributed by atoms with Crippen LogP contribution in [0.1, 0.15) is 38.2 Å². The van der Waals surface area contributed by atoms with Gasteiger partial charge in [0.05, 0.1) is 0 Å². The van der Waals surface area contributed by atoms with Crippen LogP contribution < -0.4 is 5.73 Å². The molecule has 1 saturated carbocycles. The first-order valence-electron chi connectivity index (χ1n) is 6.76. The predicted molar refractivity (Wildman–Crippen MR) is 69.2 cm³/mol. The van der Waals surface area contributed by atoms with Crippen LogP contribution in [0.2, 0.25) is 0 Å². The van der Waals surface area contributed by atoms with Gasteiger partial charge in [-0.25, -0.2) is 8.78 Å². The number of nitrogens with two attached hydrogens (primary N) is 1. The molecule has 1 nitrogen and oxygen atoms in total. The van der Waals surface area contributed by atoms with Crippen molar-refractivity contribution < 1.29 is 8.78 Å². The van der Waals surface area contributed by atoms with Gasteiger partial charge in [-0.3, -0.25) is 0 Å². The Bertz CT molecular complexity index is 405. The lowest BCUT2D eigenvalue weighted by Gasteiger charge is -2.31. The summed E-state index contributed by atoms with van der Waals surface area (Å²) in [6.45, 7) is 2.24. The minimum Gasteiger partial charge on any atom is -0.327 e. The fraction of sp³-hybridized carbons (Fsp3) is 0.600. The van der Waals surface area contributed by atoms with Gasteiger partial charge in [0.15, 0.2) is 11.6 Å². The Morgan fingerprint density at radius 1 is 1.33 bits per heavy atom. The second-order valence-electron chi connectivity index (χ2n) is 5.61. The maximum atomic E-state index is 13.6. The molecule has 0 aliphatic heterocycles. The summed E-state index contributed by atoms with van der Waals surface area (Å²) in [5.74, 6) is -0.378. The van der Waals surface area contributed by atoms with E-state index in [0.717, 1.165) is 18.9 Å². The molecule has 3 unspecified atom stereocenters. The Morgan fingerprint density at radius 3 is 2.83 bits per heavy atom. The summed E-state index contributed by atoms with van der Waals surface area (Å²) < 4.78 is 26.7. The normalized spacial score (nSPS) is 26.0. The molecular formula is C15H21F2N. The maximum Gasteiger partial charge on any atom is 0.162 e. The summed E-state index contributed by atoms with van der Waals surface area (Å²) in [5.41, 5.74) is 6.58. The standard InChI is InChI=1S/C15H21F2N/c1-10-4-2-5-11(8-10)14(18)9-12-6-3-7-13(16)15(12)17/h3,6-7,10-11,14H,2,4-5,8-9,18H2,1H3. The molecule has 0 heterocycles. The van der Waals surface area contributed by atoms with Gasteiger partial charge in [-0.1, -0.05) is 31.9 Å². The second-order valence-corrected chi connectivity index (χ2v) is 5.61. The minimum absolute atomic E-state index is 0.0657. The van der Waals surface area contributed by atoms with Crippen LogP contribution in [0.3, 0.4) is 0 Å². The average molecular weight is 253 g/mol. The van der Waals surface area contributed by atoms with E-state index in [1.165, 1.54) is 12.8 Å². The molecule has 0 radical (unpaired) electrons. The molecule has 1 aromatic rings. The summed E-state index contributed by atoms with van der Waals surface area (Å²) in [6, 6.07) is 4.26. The second kappa shape index (κ2) is 5.79. The number of hydrogen-bond acceptors (Lipinski definition) is 1. The van der Waals surface area contributed by atoms with Crippen molar-refractivity contribution in [2.75, 3.05) is 0 Å². The average Bonchev–Trinajstić information content (AvgIpc) is 2.35. The van der Waals surface area contributed by atoms with Gasteiger partial charge in [0, 0.05) is 6.04 Å². The Hall–Kier alpha value is -0.960. The van der Waals surface area contributed by atoms with E-state index in [-0.39, 0.29) is 6.04 Å². The monoisotopic (exact) mass is 253 g/mol. The highest BCUT2D eigenvalue weighted by molar-refractivity contribution is 5.20. The van der Waals surface area contributed by atoms with E-state index in [1.54, 1.807) is 12.1 Å². The fourth-order valence-electron chi connectivity index (χ4n) is 3.00. The first-order chi connectivity index (χ1) is 8.58. The summed E-state index contributed by atoms with van der Waals surface area (Å²) in [6.07, 6.45) is 5.12. The Kier molecular flexibility index (Phi) is 4.33. The van der Waals surface area contributed by atoms with Gasteiger partial charge < -0.3 is 5.73 Å². The first-order valence-corrected chi connectivity index (χ1v) is 6.76. The highest BCUT2D eigenvalue weighted by Crippen LogP contribution is 2.31. The smallest absolute Gasteiger partial charge is 0.162 e. The predicted octanol–water partition coefficient (Wildman–Crippen LogP) is 3.66. The highest BCUT2D eigenvalue weighted by atomic mass is 19.2. The van der Waals surface area contributed by atoms with Crippen molar-refractivity contribution in [1.29, 1.82) is 0 Å². The zero-order chi connectivity index (χ0) is 13.1. The third-order valence-corrected chi connectivity index (χ3v) is 4.07. The number of benzene rings is 1. The van der Waals surface area contributed by atoms with E-state index < -0.39 is 11.6 Å². The van der Waals surface area contributed by atoms with E-state index in [2.05, 4.69) is 6.92 Å². The van der Waals surface area contributed by atoms with Gasteiger partial charge >= 0.3 is 0 Å². The Labute approximate surface area is 107 Å². The van der Waals surface area contributed by atoms with Crippen LogP contribution in [0.25, 0.3) is 0 Å². The third kappa shape index (κ3) is 3.08. The van der Waals surface area contributed by atoms with Gasteiger partial charge in [-0.2, -0.15) is 0 Å². The van der Waals surface area contributed by atoms with Crippen LogP contribution in [0, 0.1) is 23.5 Å². The molecule has 2 rings (SSSR count). The Morgan fingerprint density at radius 2 is 2.11 bits per heavy atom. The lowest BCUT2D eigenvalue weighted by atomic mass is 9.77. The summed E-state index contributed by atoms with van der Waals surface area (Å²) >= 11 is 0. The molecule has 3 atom stereocenters. The molecule has 0 aromatic heterocycles. The van der Waals surface area contributed by atoms with Crippen molar-refractivity contribution in [3.63, 3.8) is 0 Å². The third-order valence-electron chi connectivity index (χ3n) is 4.07. The molecule has 1 aliphatic rings. The Balaban J connectivity index is 2.02. The zero-order valence-electron chi connectivity index (χ0n) is 10.8. The number of hydrogen-bond donors (Lipinski definition) is 1. The van der Waals surface area contributed by atoms with Gasteiger partial charge in [0.2, 0.25) is 0 Å². The lowest BCUT2D eigenvalue weighted by molar-refractivity contribution is 0.244. The quantitative estimate of drug-likeness (QED) is 0.874. The molecular weight excluding hydrogens is 232 g/mol. The van der Waals surface area contributed by atoms with E-state index in [4.69, 9.17) is 5.73 Å². The summed E-state index contributed by atoms with van der Waals surface area (Å²) in [5, 5.41) is 0.